The van der Waals surface area contributed by atoms with Crippen LogP contribution in [-0.2, 0) is 6.54 Å². The van der Waals surface area contributed by atoms with Gasteiger partial charge in [-0.2, -0.15) is 5.10 Å². The van der Waals surface area contributed by atoms with Crippen LogP contribution >= 0.6 is 0 Å². The minimum atomic E-state index is 0.601. The lowest BCUT2D eigenvalue weighted by molar-refractivity contribution is 0.263. The molecule has 0 amide bonds. The first-order chi connectivity index (χ1) is 7.86. The van der Waals surface area contributed by atoms with Crippen LogP contribution < -0.4 is 5.32 Å². The highest BCUT2D eigenvalue weighted by Crippen LogP contribution is 2.35. The van der Waals surface area contributed by atoms with Crippen LogP contribution in [0.5, 0.6) is 0 Å². The van der Waals surface area contributed by atoms with E-state index in [9.17, 15) is 0 Å². The van der Waals surface area contributed by atoms with Gasteiger partial charge in [0.15, 0.2) is 0 Å². The Bertz CT molecular complexity index is 327. The Morgan fingerprint density at radius 1 is 1.31 bits per heavy atom. The van der Waals surface area contributed by atoms with Crippen LogP contribution in [0.15, 0.2) is 18.5 Å². The Hall–Kier alpha value is -0.870. The minimum absolute atomic E-state index is 0.601. The van der Waals surface area contributed by atoms with Crippen LogP contribution in [0.1, 0.15) is 12.8 Å². The first-order valence-electron chi connectivity index (χ1n) is 6.27. The summed E-state index contributed by atoms with van der Waals surface area (Å²) in [5.41, 5.74) is 0.601. The molecule has 0 aliphatic carbocycles. The van der Waals surface area contributed by atoms with Crippen LogP contribution in [-0.4, -0.2) is 47.4 Å². The zero-order valence-corrected chi connectivity index (χ0v) is 9.73. The average Bonchev–Trinajstić information content (AvgIpc) is 3.01. The molecule has 1 N–H and O–H groups in total. The van der Waals surface area contributed by atoms with Gasteiger partial charge in [-0.1, -0.05) is 0 Å². The normalized spacial score (nSPS) is 30.5. The Morgan fingerprint density at radius 3 is 3.06 bits per heavy atom. The molecule has 0 aromatic carbocycles. The van der Waals surface area contributed by atoms with Crippen molar-refractivity contribution in [3.05, 3.63) is 18.5 Å². The molecule has 2 saturated heterocycles. The fraction of sp³-hybridized carbons (Fsp3) is 0.750. The molecule has 88 valence electrons. The Balaban J connectivity index is 1.50. The molecule has 3 rings (SSSR count). The number of hydrogen-bond acceptors (Lipinski definition) is 3. The van der Waals surface area contributed by atoms with Gasteiger partial charge in [0.05, 0.1) is 6.54 Å². The molecule has 0 bridgehead atoms. The third-order valence-electron chi connectivity index (χ3n) is 4.05. The largest absolute Gasteiger partial charge is 0.316 e. The standard InChI is InChI=1S/C12H20N4/c1-4-14-16(6-1)9-8-15-7-3-12(11-15)2-5-13-10-12/h1,4,6,13H,2-3,5,7-11H2. The van der Waals surface area contributed by atoms with E-state index in [1.807, 2.05) is 23.1 Å². The Morgan fingerprint density at radius 2 is 2.31 bits per heavy atom. The molecule has 2 aliphatic rings. The zero-order valence-electron chi connectivity index (χ0n) is 9.73. The number of rotatable bonds is 3. The molecule has 1 unspecified atom stereocenters. The molecule has 1 aromatic rings. The van der Waals surface area contributed by atoms with Gasteiger partial charge in [0.1, 0.15) is 0 Å². The second-order valence-electron chi connectivity index (χ2n) is 5.22. The maximum absolute atomic E-state index is 4.24. The van der Waals surface area contributed by atoms with Crippen molar-refractivity contribution in [3.8, 4) is 0 Å². The van der Waals surface area contributed by atoms with Crippen molar-refractivity contribution in [2.75, 3.05) is 32.7 Å². The van der Waals surface area contributed by atoms with Gasteiger partial charge in [-0.05, 0) is 37.4 Å². The Kier molecular flexibility index (Phi) is 2.69. The third kappa shape index (κ3) is 1.99. The molecular weight excluding hydrogens is 200 g/mol. The molecule has 2 aliphatic heterocycles. The van der Waals surface area contributed by atoms with Gasteiger partial charge in [-0.3, -0.25) is 4.68 Å². The van der Waals surface area contributed by atoms with Crippen molar-refractivity contribution in [2.45, 2.75) is 19.4 Å². The van der Waals surface area contributed by atoms with Crippen molar-refractivity contribution in [3.63, 3.8) is 0 Å². The molecule has 1 spiro atoms. The molecule has 4 nitrogen and oxygen atoms in total. The van der Waals surface area contributed by atoms with Crippen LogP contribution in [0.3, 0.4) is 0 Å². The molecule has 16 heavy (non-hydrogen) atoms. The van der Waals surface area contributed by atoms with Gasteiger partial charge < -0.3 is 10.2 Å². The van der Waals surface area contributed by atoms with Gasteiger partial charge in [-0.25, -0.2) is 0 Å². The minimum Gasteiger partial charge on any atom is -0.316 e. The number of nitrogens with one attached hydrogen (secondary N) is 1. The van der Waals surface area contributed by atoms with E-state index in [-0.39, 0.29) is 0 Å². The number of hydrogen-bond donors (Lipinski definition) is 1. The predicted molar refractivity (Wildman–Crippen MR) is 63.2 cm³/mol. The van der Waals surface area contributed by atoms with E-state index in [0.717, 1.165) is 13.1 Å². The molecule has 2 fully saturated rings. The highest BCUT2D eigenvalue weighted by molar-refractivity contribution is 4.95. The lowest BCUT2D eigenvalue weighted by atomic mass is 9.87. The van der Waals surface area contributed by atoms with Crippen LogP contribution in [0, 0.1) is 5.41 Å². The highest BCUT2D eigenvalue weighted by atomic mass is 15.3. The van der Waals surface area contributed by atoms with E-state index >= 15 is 0 Å². The van der Waals surface area contributed by atoms with E-state index in [4.69, 9.17) is 0 Å². The van der Waals surface area contributed by atoms with E-state index < -0.39 is 0 Å². The van der Waals surface area contributed by atoms with Gasteiger partial charge in [0, 0.05) is 32.0 Å². The smallest absolute Gasteiger partial charge is 0.0536 e. The second-order valence-corrected chi connectivity index (χ2v) is 5.22. The quantitative estimate of drug-likeness (QED) is 0.808. The highest BCUT2D eigenvalue weighted by Gasteiger charge is 2.39. The fourth-order valence-electron chi connectivity index (χ4n) is 3.04. The average molecular weight is 220 g/mol. The fourth-order valence-corrected chi connectivity index (χ4v) is 3.04. The van der Waals surface area contributed by atoms with Gasteiger partial charge in [0.2, 0.25) is 0 Å². The van der Waals surface area contributed by atoms with Crippen LogP contribution in [0.25, 0.3) is 0 Å². The molecular formula is C12H20N4. The summed E-state index contributed by atoms with van der Waals surface area (Å²) in [5.74, 6) is 0. The third-order valence-corrected chi connectivity index (χ3v) is 4.05. The molecule has 0 radical (unpaired) electrons. The van der Waals surface area contributed by atoms with Crippen LogP contribution in [0.2, 0.25) is 0 Å². The van der Waals surface area contributed by atoms with Crippen molar-refractivity contribution in [2.24, 2.45) is 5.41 Å². The SMILES string of the molecule is c1cnn(CCN2CCC3(CCNC3)C2)c1. The van der Waals surface area contributed by atoms with Gasteiger partial charge in [-0.15, -0.1) is 0 Å². The van der Waals surface area contributed by atoms with Gasteiger partial charge >= 0.3 is 0 Å². The molecule has 1 aromatic heterocycles. The van der Waals surface area contributed by atoms with Crippen molar-refractivity contribution in [1.29, 1.82) is 0 Å². The van der Waals surface area contributed by atoms with E-state index in [0.29, 0.717) is 5.41 Å². The summed E-state index contributed by atoms with van der Waals surface area (Å²) in [6.07, 6.45) is 6.64. The van der Waals surface area contributed by atoms with Gasteiger partial charge in [0.25, 0.3) is 0 Å². The number of nitrogens with zero attached hydrogens (tertiary/aromatic N) is 3. The summed E-state index contributed by atoms with van der Waals surface area (Å²) in [7, 11) is 0. The number of aromatic nitrogens is 2. The lowest BCUT2D eigenvalue weighted by Crippen LogP contribution is -2.31. The number of likely N-dealkylation sites (tertiary alicyclic amines) is 1. The molecule has 4 heteroatoms. The van der Waals surface area contributed by atoms with E-state index in [1.54, 1.807) is 0 Å². The van der Waals surface area contributed by atoms with Crippen LogP contribution in [0.4, 0.5) is 0 Å². The first kappa shape index (κ1) is 10.3. The summed E-state index contributed by atoms with van der Waals surface area (Å²) in [5, 5.41) is 7.74. The van der Waals surface area contributed by atoms with E-state index in [2.05, 4.69) is 15.3 Å². The maximum atomic E-state index is 4.24. The zero-order chi connectivity index (χ0) is 10.8. The maximum Gasteiger partial charge on any atom is 0.0536 e. The summed E-state index contributed by atoms with van der Waals surface area (Å²) >= 11 is 0. The van der Waals surface area contributed by atoms with Crippen molar-refractivity contribution >= 4 is 0 Å². The topological polar surface area (TPSA) is 33.1 Å². The van der Waals surface area contributed by atoms with E-state index in [1.165, 1.54) is 39.0 Å². The summed E-state index contributed by atoms with van der Waals surface area (Å²) in [6, 6.07) is 1.99. The molecule has 1 atom stereocenters. The monoisotopic (exact) mass is 220 g/mol. The lowest BCUT2D eigenvalue weighted by Gasteiger charge is -2.22. The molecule has 0 saturated carbocycles. The summed E-state index contributed by atoms with van der Waals surface area (Å²) < 4.78 is 2.03. The predicted octanol–water partition coefficient (Wildman–Crippen LogP) is 0.568. The van der Waals surface area contributed by atoms with Crippen molar-refractivity contribution < 1.29 is 0 Å². The van der Waals surface area contributed by atoms with Crippen molar-refractivity contribution in [1.82, 2.24) is 20.0 Å². The molecule has 3 heterocycles. The second kappa shape index (κ2) is 4.18. The first-order valence-corrected chi connectivity index (χ1v) is 6.27. The summed E-state index contributed by atoms with van der Waals surface area (Å²) in [4.78, 5) is 2.59. The Labute approximate surface area is 96.6 Å². The summed E-state index contributed by atoms with van der Waals surface area (Å²) in [6.45, 7) is 7.16.